The van der Waals surface area contributed by atoms with Crippen LogP contribution in [0.4, 0.5) is 0 Å². The molecule has 1 aromatic rings. The van der Waals surface area contributed by atoms with E-state index in [1.165, 1.54) is 0 Å². The molecule has 98 valence electrons. The summed E-state index contributed by atoms with van der Waals surface area (Å²) in [6, 6.07) is 5.55. The number of fused-ring (bicyclic) bond motifs is 1. The van der Waals surface area contributed by atoms with Crippen LogP contribution in [0.5, 0.6) is 5.75 Å². The van der Waals surface area contributed by atoms with Crippen LogP contribution in [0.15, 0.2) is 18.2 Å². The van der Waals surface area contributed by atoms with E-state index in [0.717, 1.165) is 17.7 Å². The topological polar surface area (TPSA) is 38.3 Å². The summed E-state index contributed by atoms with van der Waals surface area (Å²) in [7, 11) is 0. The molecule has 0 saturated carbocycles. The van der Waals surface area contributed by atoms with E-state index in [4.69, 9.17) is 16.3 Å². The maximum absolute atomic E-state index is 12.0. The summed E-state index contributed by atoms with van der Waals surface area (Å²) in [6.45, 7) is 5.27. The van der Waals surface area contributed by atoms with Gasteiger partial charge in [0.15, 0.2) is 0 Å². The second kappa shape index (κ2) is 5.61. The molecule has 0 spiro atoms. The van der Waals surface area contributed by atoms with Gasteiger partial charge < -0.3 is 10.1 Å². The van der Waals surface area contributed by atoms with Crippen molar-refractivity contribution in [2.24, 2.45) is 5.92 Å². The average Bonchev–Trinajstić information content (AvgIpc) is 2.82. The van der Waals surface area contributed by atoms with E-state index in [0.29, 0.717) is 24.6 Å². The van der Waals surface area contributed by atoms with Crippen molar-refractivity contribution in [3.63, 3.8) is 0 Å². The molecule has 1 aliphatic heterocycles. The third-order valence-electron chi connectivity index (χ3n) is 3.13. The highest BCUT2D eigenvalue weighted by Crippen LogP contribution is 2.25. The molecule has 0 fully saturated rings. The highest BCUT2D eigenvalue weighted by atomic mass is 35.5. The van der Waals surface area contributed by atoms with Crippen molar-refractivity contribution in [3.8, 4) is 5.75 Å². The Labute approximate surface area is 112 Å². The Morgan fingerprint density at radius 3 is 3.00 bits per heavy atom. The minimum Gasteiger partial charge on any atom is -0.493 e. The standard InChI is InChI=1S/C14H18ClNO2/c1-9(2)12(15)8-16-14(17)11-3-4-13-10(7-11)5-6-18-13/h3-4,7,9,12H,5-6,8H2,1-2H3,(H,16,17). The highest BCUT2D eigenvalue weighted by molar-refractivity contribution is 6.21. The monoisotopic (exact) mass is 267 g/mol. The van der Waals surface area contributed by atoms with Gasteiger partial charge in [0.1, 0.15) is 5.75 Å². The third kappa shape index (κ3) is 2.96. The SMILES string of the molecule is CC(C)C(Cl)CNC(=O)c1ccc2c(c1)CCO2. The molecule has 18 heavy (non-hydrogen) atoms. The Balaban J connectivity index is 1.97. The lowest BCUT2D eigenvalue weighted by Gasteiger charge is -2.14. The van der Waals surface area contributed by atoms with E-state index in [1.54, 1.807) is 6.07 Å². The lowest BCUT2D eigenvalue weighted by molar-refractivity contribution is 0.0952. The number of carbonyl (C=O) groups is 1. The normalized spacial score (nSPS) is 15.1. The zero-order valence-electron chi connectivity index (χ0n) is 10.7. The van der Waals surface area contributed by atoms with Crippen LogP contribution in [0.25, 0.3) is 0 Å². The minimum absolute atomic E-state index is 0.0355. The van der Waals surface area contributed by atoms with Crippen LogP contribution in [-0.4, -0.2) is 24.4 Å². The Kier molecular flexibility index (Phi) is 4.12. The van der Waals surface area contributed by atoms with Crippen molar-refractivity contribution in [1.29, 1.82) is 0 Å². The summed E-state index contributed by atoms with van der Waals surface area (Å²) in [6.07, 6.45) is 0.876. The fourth-order valence-corrected chi connectivity index (χ4v) is 1.93. The summed E-state index contributed by atoms with van der Waals surface area (Å²) in [5.74, 6) is 1.17. The third-order valence-corrected chi connectivity index (χ3v) is 3.79. The maximum Gasteiger partial charge on any atom is 0.251 e. The molecule has 0 bridgehead atoms. The van der Waals surface area contributed by atoms with Gasteiger partial charge in [0.05, 0.1) is 12.0 Å². The molecule has 0 aliphatic carbocycles. The average molecular weight is 268 g/mol. The molecule has 1 atom stereocenters. The first-order valence-corrected chi connectivity index (χ1v) is 6.69. The van der Waals surface area contributed by atoms with Crippen LogP contribution < -0.4 is 10.1 Å². The summed E-state index contributed by atoms with van der Waals surface area (Å²) in [5.41, 5.74) is 1.78. The molecule has 0 radical (unpaired) electrons. The Bertz CT molecular complexity index is 445. The van der Waals surface area contributed by atoms with E-state index < -0.39 is 0 Å². The number of alkyl halides is 1. The maximum atomic E-state index is 12.0. The molecule has 1 aromatic carbocycles. The van der Waals surface area contributed by atoms with Crippen LogP contribution in [0.3, 0.4) is 0 Å². The number of amides is 1. The van der Waals surface area contributed by atoms with Crippen molar-refractivity contribution in [1.82, 2.24) is 5.32 Å². The number of ether oxygens (including phenoxy) is 1. The van der Waals surface area contributed by atoms with Crippen molar-refractivity contribution in [3.05, 3.63) is 29.3 Å². The molecule has 2 rings (SSSR count). The zero-order chi connectivity index (χ0) is 13.1. The Morgan fingerprint density at radius 2 is 2.28 bits per heavy atom. The fourth-order valence-electron chi connectivity index (χ4n) is 1.86. The number of hydrogen-bond acceptors (Lipinski definition) is 2. The van der Waals surface area contributed by atoms with E-state index in [1.807, 2.05) is 26.0 Å². The van der Waals surface area contributed by atoms with E-state index in [9.17, 15) is 4.79 Å². The molecule has 4 heteroatoms. The van der Waals surface area contributed by atoms with Gasteiger partial charge in [0.2, 0.25) is 0 Å². The summed E-state index contributed by atoms with van der Waals surface area (Å²) in [5, 5.41) is 2.82. The lowest BCUT2D eigenvalue weighted by atomic mass is 10.1. The van der Waals surface area contributed by atoms with Gasteiger partial charge >= 0.3 is 0 Å². The van der Waals surface area contributed by atoms with Gasteiger partial charge in [-0.05, 0) is 29.7 Å². The number of carbonyl (C=O) groups excluding carboxylic acids is 1. The molecule has 0 saturated heterocycles. The van der Waals surface area contributed by atoms with Gasteiger partial charge in [-0.15, -0.1) is 11.6 Å². The van der Waals surface area contributed by atoms with Gasteiger partial charge in [0, 0.05) is 18.5 Å². The van der Waals surface area contributed by atoms with Crippen LogP contribution in [0.1, 0.15) is 29.8 Å². The number of halogens is 1. The van der Waals surface area contributed by atoms with Crippen LogP contribution in [-0.2, 0) is 6.42 Å². The predicted octanol–water partition coefficient (Wildman–Crippen LogP) is 2.61. The highest BCUT2D eigenvalue weighted by Gasteiger charge is 2.16. The Morgan fingerprint density at radius 1 is 1.50 bits per heavy atom. The van der Waals surface area contributed by atoms with Crippen LogP contribution in [0.2, 0.25) is 0 Å². The van der Waals surface area contributed by atoms with Gasteiger partial charge in [-0.3, -0.25) is 4.79 Å². The largest absolute Gasteiger partial charge is 0.493 e. The molecule has 1 unspecified atom stereocenters. The van der Waals surface area contributed by atoms with Crippen molar-refractivity contribution >= 4 is 17.5 Å². The minimum atomic E-state index is -0.0731. The zero-order valence-corrected chi connectivity index (χ0v) is 11.5. The van der Waals surface area contributed by atoms with Crippen molar-refractivity contribution in [2.75, 3.05) is 13.2 Å². The van der Waals surface area contributed by atoms with Crippen LogP contribution in [0, 0.1) is 5.92 Å². The molecule has 1 aliphatic rings. The van der Waals surface area contributed by atoms with Crippen molar-refractivity contribution in [2.45, 2.75) is 25.6 Å². The Hall–Kier alpha value is -1.22. The van der Waals surface area contributed by atoms with Gasteiger partial charge in [-0.25, -0.2) is 0 Å². The molecule has 1 N–H and O–H groups in total. The fraction of sp³-hybridized carbons (Fsp3) is 0.500. The number of benzene rings is 1. The van der Waals surface area contributed by atoms with Gasteiger partial charge in [0.25, 0.3) is 5.91 Å². The predicted molar refractivity (Wildman–Crippen MR) is 72.5 cm³/mol. The summed E-state index contributed by atoms with van der Waals surface area (Å²) >= 11 is 6.11. The molecular formula is C14H18ClNO2. The van der Waals surface area contributed by atoms with E-state index in [2.05, 4.69) is 5.32 Å². The second-order valence-corrected chi connectivity index (χ2v) is 5.45. The lowest BCUT2D eigenvalue weighted by Crippen LogP contribution is -2.31. The quantitative estimate of drug-likeness (QED) is 0.852. The molecule has 0 aromatic heterocycles. The van der Waals surface area contributed by atoms with Gasteiger partial charge in [-0.1, -0.05) is 13.8 Å². The molecule has 1 heterocycles. The second-order valence-electron chi connectivity index (χ2n) is 4.89. The summed E-state index contributed by atoms with van der Waals surface area (Å²) in [4.78, 5) is 12.0. The smallest absolute Gasteiger partial charge is 0.251 e. The molecular weight excluding hydrogens is 250 g/mol. The molecule has 3 nitrogen and oxygen atoms in total. The summed E-state index contributed by atoms with van der Waals surface area (Å²) < 4.78 is 5.41. The number of nitrogens with one attached hydrogen (secondary N) is 1. The first kappa shape index (κ1) is 13.2. The molecule has 1 amide bonds. The number of rotatable bonds is 4. The van der Waals surface area contributed by atoms with E-state index >= 15 is 0 Å². The number of hydrogen-bond donors (Lipinski definition) is 1. The first-order valence-electron chi connectivity index (χ1n) is 6.26. The van der Waals surface area contributed by atoms with E-state index in [-0.39, 0.29) is 11.3 Å². The van der Waals surface area contributed by atoms with Crippen LogP contribution >= 0.6 is 11.6 Å². The van der Waals surface area contributed by atoms with Crippen molar-refractivity contribution < 1.29 is 9.53 Å². The van der Waals surface area contributed by atoms with Gasteiger partial charge in [-0.2, -0.15) is 0 Å². The first-order chi connectivity index (χ1) is 8.58.